The molecule has 0 saturated heterocycles. The van der Waals surface area contributed by atoms with Gasteiger partial charge in [-0.25, -0.2) is 4.79 Å². The van der Waals surface area contributed by atoms with Crippen molar-refractivity contribution in [2.24, 2.45) is 11.8 Å². The average molecular weight is 286 g/mol. The Kier molecular flexibility index (Phi) is 9.86. The quantitative estimate of drug-likeness (QED) is 0.648. The van der Waals surface area contributed by atoms with Crippen molar-refractivity contribution in [3.63, 3.8) is 0 Å². The van der Waals surface area contributed by atoms with E-state index in [-0.39, 0.29) is 18.4 Å². The molecule has 0 aliphatic heterocycles. The fourth-order valence-electron chi connectivity index (χ4n) is 2.35. The van der Waals surface area contributed by atoms with Crippen molar-refractivity contribution in [2.45, 2.75) is 53.4 Å². The molecule has 0 aromatic rings. The van der Waals surface area contributed by atoms with Gasteiger partial charge in [-0.1, -0.05) is 27.7 Å². The van der Waals surface area contributed by atoms with Crippen molar-refractivity contribution in [1.82, 2.24) is 10.2 Å². The Morgan fingerprint density at radius 1 is 1.15 bits per heavy atom. The maximum Gasteiger partial charge on any atom is 0.317 e. The van der Waals surface area contributed by atoms with Crippen molar-refractivity contribution in [3.8, 4) is 0 Å². The number of nitrogens with zero attached hydrogens (tertiary/aromatic N) is 1. The average Bonchev–Trinajstić information content (AvgIpc) is 2.34. The Morgan fingerprint density at radius 2 is 1.70 bits per heavy atom. The van der Waals surface area contributed by atoms with Crippen LogP contribution in [0.1, 0.15) is 53.4 Å². The topological polar surface area (TPSA) is 69.6 Å². The van der Waals surface area contributed by atoms with Crippen molar-refractivity contribution in [2.75, 3.05) is 19.6 Å². The van der Waals surface area contributed by atoms with E-state index < -0.39 is 5.97 Å². The van der Waals surface area contributed by atoms with E-state index in [0.29, 0.717) is 12.5 Å². The van der Waals surface area contributed by atoms with Crippen LogP contribution >= 0.6 is 0 Å². The predicted molar refractivity (Wildman–Crippen MR) is 80.8 cm³/mol. The van der Waals surface area contributed by atoms with Crippen molar-refractivity contribution in [1.29, 1.82) is 0 Å². The van der Waals surface area contributed by atoms with Crippen molar-refractivity contribution >= 4 is 12.0 Å². The van der Waals surface area contributed by atoms with Gasteiger partial charge in [-0.05, 0) is 31.1 Å². The van der Waals surface area contributed by atoms with Gasteiger partial charge < -0.3 is 15.3 Å². The summed E-state index contributed by atoms with van der Waals surface area (Å²) >= 11 is 0. The summed E-state index contributed by atoms with van der Waals surface area (Å²) in [5, 5.41) is 11.8. The summed E-state index contributed by atoms with van der Waals surface area (Å²) in [7, 11) is 0. The maximum absolute atomic E-state index is 12.1. The molecule has 0 aliphatic carbocycles. The number of aliphatic carboxylic acids is 1. The summed E-state index contributed by atoms with van der Waals surface area (Å²) in [4.78, 5) is 24.7. The van der Waals surface area contributed by atoms with Crippen LogP contribution in [0.5, 0.6) is 0 Å². The Hall–Kier alpha value is -1.26. The Bertz CT molecular complexity index is 287. The third kappa shape index (κ3) is 8.77. The molecule has 118 valence electrons. The highest BCUT2D eigenvalue weighted by molar-refractivity contribution is 5.74. The number of carbonyl (C=O) groups excluding carboxylic acids is 1. The molecule has 0 fully saturated rings. The second-order valence-electron chi connectivity index (χ2n) is 5.77. The molecule has 2 N–H and O–H groups in total. The standard InChI is InChI=1S/C15H30N2O3/c1-5-7-17(8-6-2)15(20)16-11-13(9-12(3)4)10-14(18)19/h12-13H,5-11H2,1-4H3,(H,16,20)(H,18,19). The molecule has 0 heterocycles. The van der Waals surface area contributed by atoms with Gasteiger partial charge in [-0.2, -0.15) is 0 Å². The number of urea groups is 1. The lowest BCUT2D eigenvalue weighted by Gasteiger charge is -2.24. The first-order valence-corrected chi connectivity index (χ1v) is 7.65. The minimum Gasteiger partial charge on any atom is -0.481 e. The van der Waals surface area contributed by atoms with Gasteiger partial charge in [-0.15, -0.1) is 0 Å². The molecule has 0 aliphatic rings. The van der Waals surface area contributed by atoms with Gasteiger partial charge in [0.2, 0.25) is 0 Å². The third-order valence-corrected chi connectivity index (χ3v) is 3.08. The van der Waals surface area contributed by atoms with E-state index >= 15 is 0 Å². The first kappa shape index (κ1) is 18.7. The summed E-state index contributed by atoms with van der Waals surface area (Å²) < 4.78 is 0. The molecule has 1 atom stereocenters. The van der Waals surface area contributed by atoms with E-state index in [1.54, 1.807) is 4.90 Å². The van der Waals surface area contributed by atoms with Crippen molar-refractivity contribution < 1.29 is 14.7 Å². The number of rotatable bonds is 10. The van der Waals surface area contributed by atoms with Crippen LogP contribution in [0.2, 0.25) is 0 Å². The van der Waals surface area contributed by atoms with Gasteiger partial charge in [-0.3, -0.25) is 4.79 Å². The highest BCUT2D eigenvalue weighted by Gasteiger charge is 2.18. The summed E-state index contributed by atoms with van der Waals surface area (Å²) in [5.74, 6) is -0.371. The zero-order valence-corrected chi connectivity index (χ0v) is 13.3. The van der Waals surface area contributed by atoms with E-state index in [1.165, 1.54) is 0 Å². The molecule has 0 bridgehead atoms. The van der Waals surface area contributed by atoms with E-state index in [2.05, 4.69) is 19.2 Å². The van der Waals surface area contributed by atoms with Gasteiger partial charge in [0.05, 0.1) is 0 Å². The fraction of sp³-hybridized carbons (Fsp3) is 0.867. The summed E-state index contributed by atoms with van der Waals surface area (Å²) in [6, 6.07) is -0.0761. The number of carbonyl (C=O) groups is 2. The van der Waals surface area contributed by atoms with Crippen LogP contribution in [0, 0.1) is 11.8 Å². The number of amides is 2. The van der Waals surface area contributed by atoms with Crippen LogP contribution in [-0.2, 0) is 4.79 Å². The minimum atomic E-state index is -0.802. The van der Waals surface area contributed by atoms with E-state index in [0.717, 1.165) is 32.4 Å². The Morgan fingerprint density at radius 3 is 2.10 bits per heavy atom. The molecule has 0 rings (SSSR count). The molecule has 1 unspecified atom stereocenters. The molecule has 2 amide bonds. The summed E-state index contributed by atoms with van der Waals surface area (Å²) in [6.45, 7) is 10.1. The van der Waals surface area contributed by atoms with Gasteiger partial charge in [0.1, 0.15) is 0 Å². The van der Waals surface area contributed by atoms with Crippen LogP contribution in [0.15, 0.2) is 0 Å². The van der Waals surface area contributed by atoms with E-state index in [1.807, 2.05) is 13.8 Å². The maximum atomic E-state index is 12.1. The van der Waals surface area contributed by atoms with Crippen LogP contribution < -0.4 is 5.32 Å². The second-order valence-corrected chi connectivity index (χ2v) is 5.77. The normalized spacial score (nSPS) is 12.2. The molecule has 0 aromatic carbocycles. The summed E-state index contributed by atoms with van der Waals surface area (Å²) in [5.41, 5.74) is 0. The first-order chi connectivity index (χ1) is 9.40. The lowest BCUT2D eigenvalue weighted by Crippen LogP contribution is -2.43. The Balaban J connectivity index is 4.35. The molecule has 5 nitrogen and oxygen atoms in total. The molecular weight excluding hydrogens is 256 g/mol. The van der Waals surface area contributed by atoms with Gasteiger partial charge in [0.25, 0.3) is 0 Å². The Labute approximate surface area is 122 Å². The lowest BCUT2D eigenvalue weighted by molar-refractivity contribution is -0.138. The monoisotopic (exact) mass is 286 g/mol. The van der Waals surface area contributed by atoms with Crippen LogP contribution in [0.4, 0.5) is 4.79 Å². The first-order valence-electron chi connectivity index (χ1n) is 7.65. The lowest BCUT2D eigenvalue weighted by atomic mass is 9.94. The van der Waals surface area contributed by atoms with Crippen molar-refractivity contribution in [3.05, 3.63) is 0 Å². The van der Waals surface area contributed by atoms with Gasteiger partial charge in [0.15, 0.2) is 0 Å². The highest BCUT2D eigenvalue weighted by Crippen LogP contribution is 2.14. The number of hydrogen-bond acceptors (Lipinski definition) is 2. The second kappa shape index (κ2) is 10.5. The van der Waals surface area contributed by atoms with Crippen LogP contribution in [0.3, 0.4) is 0 Å². The van der Waals surface area contributed by atoms with E-state index in [9.17, 15) is 9.59 Å². The molecular formula is C15H30N2O3. The summed E-state index contributed by atoms with van der Waals surface area (Å²) in [6.07, 6.45) is 2.78. The van der Waals surface area contributed by atoms with Crippen LogP contribution in [0.25, 0.3) is 0 Å². The molecule has 0 saturated carbocycles. The number of carboxylic acid groups (broad SMARTS) is 1. The molecule has 0 spiro atoms. The largest absolute Gasteiger partial charge is 0.481 e. The molecule has 0 radical (unpaired) electrons. The van der Waals surface area contributed by atoms with Crippen LogP contribution in [-0.4, -0.2) is 41.6 Å². The number of carboxylic acids is 1. The smallest absolute Gasteiger partial charge is 0.317 e. The number of hydrogen-bond donors (Lipinski definition) is 2. The predicted octanol–water partition coefficient (Wildman–Crippen LogP) is 2.96. The SMILES string of the molecule is CCCN(CCC)C(=O)NCC(CC(=O)O)CC(C)C. The molecule has 20 heavy (non-hydrogen) atoms. The van der Waals surface area contributed by atoms with Gasteiger partial charge >= 0.3 is 12.0 Å². The fourth-order valence-corrected chi connectivity index (χ4v) is 2.35. The molecule has 5 heteroatoms. The number of nitrogens with one attached hydrogen (secondary N) is 1. The third-order valence-electron chi connectivity index (χ3n) is 3.08. The zero-order valence-electron chi connectivity index (χ0n) is 13.3. The van der Waals surface area contributed by atoms with Gasteiger partial charge in [0, 0.05) is 26.1 Å². The molecule has 0 aromatic heterocycles. The highest BCUT2D eigenvalue weighted by atomic mass is 16.4. The zero-order chi connectivity index (χ0) is 15.5. The minimum absolute atomic E-state index is 0.00144. The van der Waals surface area contributed by atoms with E-state index in [4.69, 9.17) is 5.11 Å².